The largest absolute Gasteiger partial charge is 0.493 e. The van der Waals surface area contributed by atoms with E-state index in [4.69, 9.17) is 13.9 Å². The number of ether oxygens (including phenoxy) is 3. The van der Waals surface area contributed by atoms with Crippen molar-refractivity contribution >= 4 is 61.7 Å². The number of methoxy groups -OCH3 is 2. The van der Waals surface area contributed by atoms with Crippen molar-refractivity contribution in [2.24, 2.45) is 0 Å². The molecule has 39 heavy (non-hydrogen) atoms. The van der Waals surface area contributed by atoms with Gasteiger partial charge in [-0.1, -0.05) is 36.4 Å². The van der Waals surface area contributed by atoms with Gasteiger partial charge in [-0.25, -0.2) is 4.79 Å². The summed E-state index contributed by atoms with van der Waals surface area (Å²) in [6, 6.07) is 20.8. The predicted molar refractivity (Wildman–Crippen MR) is 151 cm³/mol. The van der Waals surface area contributed by atoms with Crippen molar-refractivity contribution in [3.63, 3.8) is 0 Å². The van der Waals surface area contributed by atoms with E-state index < -0.39 is 17.1 Å². The van der Waals surface area contributed by atoms with Crippen molar-refractivity contribution in [3.05, 3.63) is 98.8 Å². The number of hydrogen-bond acceptors (Lipinski definition) is 8. The standard InChI is InChI=1S/C29H22BrNO7S/c1-35-24-13-18(12-22(30)26(24)37-16-17-7-8-19-5-3-4-6-20(19)11-17)14-25-27(32)31(29(34)39-25)15-21-9-10-23(38-21)28(33)36-2/h3-14H,15-16H2,1-2H3/b25-14+. The number of esters is 1. The molecule has 1 aromatic heterocycles. The highest BCUT2D eigenvalue weighted by Gasteiger charge is 2.36. The van der Waals surface area contributed by atoms with Crippen LogP contribution in [-0.2, 0) is 22.7 Å². The Labute approximate surface area is 236 Å². The highest BCUT2D eigenvalue weighted by molar-refractivity contribution is 9.10. The number of rotatable bonds is 8. The van der Waals surface area contributed by atoms with Crippen LogP contribution in [0.3, 0.4) is 0 Å². The fourth-order valence-electron chi connectivity index (χ4n) is 4.06. The Kier molecular flexibility index (Phi) is 7.76. The number of carbonyl (C=O) groups excluding carboxylic acids is 3. The maximum absolute atomic E-state index is 13.0. The van der Waals surface area contributed by atoms with Crippen LogP contribution in [-0.4, -0.2) is 36.2 Å². The first-order valence-electron chi connectivity index (χ1n) is 11.8. The first kappa shape index (κ1) is 26.6. The fourth-order valence-corrected chi connectivity index (χ4v) is 5.48. The summed E-state index contributed by atoms with van der Waals surface area (Å²) in [4.78, 5) is 38.5. The average Bonchev–Trinajstić information content (AvgIpc) is 3.52. The van der Waals surface area contributed by atoms with E-state index >= 15 is 0 Å². The van der Waals surface area contributed by atoms with E-state index in [2.05, 4.69) is 44.9 Å². The quantitative estimate of drug-likeness (QED) is 0.159. The van der Waals surface area contributed by atoms with E-state index in [1.54, 1.807) is 18.2 Å². The van der Waals surface area contributed by atoms with Gasteiger partial charge in [0, 0.05) is 0 Å². The van der Waals surface area contributed by atoms with Gasteiger partial charge in [0.1, 0.15) is 12.4 Å². The number of hydrogen-bond donors (Lipinski definition) is 0. The summed E-state index contributed by atoms with van der Waals surface area (Å²) < 4.78 is 22.3. The molecular weight excluding hydrogens is 586 g/mol. The molecule has 0 spiro atoms. The molecule has 5 rings (SSSR count). The molecule has 4 aromatic rings. The molecule has 10 heteroatoms. The molecule has 1 aliphatic rings. The molecule has 1 fully saturated rings. The summed E-state index contributed by atoms with van der Waals surface area (Å²) >= 11 is 4.37. The topological polar surface area (TPSA) is 95.3 Å². The van der Waals surface area contributed by atoms with Crippen LogP contribution in [0.15, 0.2) is 80.5 Å². The highest BCUT2D eigenvalue weighted by Crippen LogP contribution is 2.40. The molecule has 2 amide bonds. The molecule has 1 saturated heterocycles. The summed E-state index contributed by atoms with van der Waals surface area (Å²) in [5, 5.41) is 1.84. The van der Waals surface area contributed by atoms with Crippen LogP contribution < -0.4 is 9.47 Å². The number of imide groups is 1. The molecule has 0 atom stereocenters. The summed E-state index contributed by atoms with van der Waals surface area (Å²) in [7, 11) is 2.77. The number of amides is 2. The molecule has 198 valence electrons. The first-order chi connectivity index (χ1) is 18.9. The number of nitrogens with zero attached hydrogens (tertiary/aromatic N) is 1. The van der Waals surface area contributed by atoms with Crippen molar-refractivity contribution in [1.29, 1.82) is 0 Å². The number of halogens is 1. The Morgan fingerprint density at radius 2 is 1.82 bits per heavy atom. The molecule has 3 aromatic carbocycles. The van der Waals surface area contributed by atoms with Gasteiger partial charge in [0.15, 0.2) is 11.5 Å². The second-order valence-corrected chi connectivity index (χ2v) is 10.4. The van der Waals surface area contributed by atoms with Gasteiger partial charge in [0.25, 0.3) is 11.1 Å². The van der Waals surface area contributed by atoms with Gasteiger partial charge in [-0.05, 0) is 86.0 Å². The van der Waals surface area contributed by atoms with Crippen LogP contribution in [0.5, 0.6) is 11.5 Å². The number of carbonyl (C=O) groups is 3. The van der Waals surface area contributed by atoms with E-state index in [1.165, 1.54) is 26.4 Å². The Morgan fingerprint density at radius 3 is 2.59 bits per heavy atom. The summed E-state index contributed by atoms with van der Waals surface area (Å²) in [5.41, 5.74) is 1.66. The lowest BCUT2D eigenvalue weighted by Crippen LogP contribution is -2.27. The third-order valence-corrected chi connectivity index (χ3v) is 7.48. The summed E-state index contributed by atoms with van der Waals surface area (Å²) in [6.07, 6.45) is 1.62. The second kappa shape index (κ2) is 11.4. The normalized spacial score (nSPS) is 14.3. The zero-order valence-electron chi connectivity index (χ0n) is 20.9. The maximum atomic E-state index is 13.0. The van der Waals surface area contributed by atoms with Gasteiger partial charge in [0.05, 0.1) is 30.1 Å². The molecule has 0 radical (unpaired) electrons. The Balaban J connectivity index is 1.32. The SMILES string of the molecule is COC(=O)c1ccc(CN2C(=O)S/C(=C/c3cc(Br)c(OCc4ccc5ccccc5c4)c(OC)c3)C2=O)o1. The molecule has 0 N–H and O–H groups in total. The van der Waals surface area contributed by atoms with E-state index in [1.807, 2.05) is 18.2 Å². The van der Waals surface area contributed by atoms with Crippen molar-refractivity contribution in [3.8, 4) is 11.5 Å². The van der Waals surface area contributed by atoms with Crippen molar-refractivity contribution < 1.29 is 33.0 Å². The zero-order chi connectivity index (χ0) is 27.5. The number of furan rings is 1. The van der Waals surface area contributed by atoms with Crippen molar-refractivity contribution in [2.45, 2.75) is 13.2 Å². The lowest BCUT2D eigenvalue weighted by Gasteiger charge is -2.14. The van der Waals surface area contributed by atoms with E-state index in [0.29, 0.717) is 28.1 Å². The van der Waals surface area contributed by atoms with Gasteiger partial charge in [-0.3, -0.25) is 14.5 Å². The van der Waals surface area contributed by atoms with Gasteiger partial charge < -0.3 is 18.6 Å². The van der Waals surface area contributed by atoms with Crippen LogP contribution in [0.1, 0.15) is 27.4 Å². The third kappa shape index (κ3) is 5.71. The molecule has 2 heterocycles. The minimum atomic E-state index is -0.639. The predicted octanol–water partition coefficient (Wildman–Crippen LogP) is 6.81. The summed E-state index contributed by atoms with van der Waals surface area (Å²) in [6.45, 7) is 0.232. The van der Waals surface area contributed by atoms with E-state index in [0.717, 1.165) is 33.0 Å². The van der Waals surface area contributed by atoms with E-state index in [-0.39, 0.29) is 23.0 Å². The average molecular weight is 608 g/mol. The second-order valence-electron chi connectivity index (χ2n) is 8.53. The maximum Gasteiger partial charge on any atom is 0.373 e. The molecule has 0 bridgehead atoms. The fraction of sp³-hybridized carbons (Fsp3) is 0.138. The highest BCUT2D eigenvalue weighted by atomic mass is 79.9. The Morgan fingerprint density at radius 1 is 1.03 bits per heavy atom. The zero-order valence-corrected chi connectivity index (χ0v) is 23.3. The van der Waals surface area contributed by atoms with Gasteiger partial charge in [-0.2, -0.15) is 0 Å². The molecular formula is C29H22BrNO7S. The lowest BCUT2D eigenvalue weighted by atomic mass is 10.1. The van der Waals surface area contributed by atoms with Crippen LogP contribution >= 0.6 is 27.7 Å². The molecule has 0 unspecified atom stereocenters. The molecule has 8 nitrogen and oxygen atoms in total. The number of thioether (sulfide) groups is 1. The minimum absolute atomic E-state index is 0.00474. The number of benzene rings is 3. The Hall–Kier alpha value is -4.02. The minimum Gasteiger partial charge on any atom is -0.493 e. The lowest BCUT2D eigenvalue weighted by molar-refractivity contribution is -0.123. The first-order valence-corrected chi connectivity index (χ1v) is 13.4. The van der Waals surface area contributed by atoms with Gasteiger partial charge in [0.2, 0.25) is 5.76 Å². The van der Waals surface area contributed by atoms with Crippen LogP contribution in [0.2, 0.25) is 0 Å². The Bertz CT molecular complexity index is 1630. The van der Waals surface area contributed by atoms with Crippen molar-refractivity contribution in [2.75, 3.05) is 14.2 Å². The van der Waals surface area contributed by atoms with Crippen LogP contribution in [0, 0.1) is 0 Å². The smallest absolute Gasteiger partial charge is 0.373 e. The van der Waals surface area contributed by atoms with Gasteiger partial charge in [-0.15, -0.1) is 0 Å². The summed E-state index contributed by atoms with van der Waals surface area (Å²) in [5.74, 6) is 0.176. The molecule has 0 aliphatic carbocycles. The number of fused-ring (bicyclic) bond motifs is 1. The molecule has 0 saturated carbocycles. The third-order valence-electron chi connectivity index (χ3n) is 5.98. The monoisotopic (exact) mass is 607 g/mol. The van der Waals surface area contributed by atoms with Crippen molar-refractivity contribution in [1.82, 2.24) is 4.90 Å². The van der Waals surface area contributed by atoms with E-state index in [9.17, 15) is 14.4 Å². The van der Waals surface area contributed by atoms with Crippen LogP contribution in [0.25, 0.3) is 16.8 Å². The van der Waals surface area contributed by atoms with Crippen LogP contribution in [0.4, 0.5) is 4.79 Å². The molecule has 1 aliphatic heterocycles. The van der Waals surface area contributed by atoms with Gasteiger partial charge >= 0.3 is 5.97 Å².